The summed E-state index contributed by atoms with van der Waals surface area (Å²) in [5.41, 5.74) is 0.603. The quantitative estimate of drug-likeness (QED) is 0.449. The first-order valence-corrected chi connectivity index (χ1v) is 9.72. The van der Waals surface area contributed by atoms with Gasteiger partial charge in [0.1, 0.15) is 17.2 Å². The van der Waals surface area contributed by atoms with Gasteiger partial charge in [-0.2, -0.15) is 0 Å². The Kier molecular flexibility index (Phi) is 7.04. The van der Waals surface area contributed by atoms with Gasteiger partial charge in [-0.15, -0.1) is 0 Å². The average molecular weight is 448 g/mol. The highest BCUT2D eigenvalue weighted by atomic mass is 16.5. The van der Waals surface area contributed by atoms with E-state index in [1.807, 2.05) is 31.2 Å². The predicted molar refractivity (Wildman–Crippen MR) is 119 cm³/mol. The van der Waals surface area contributed by atoms with Crippen molar-refractivity contribution in [2.45, 2.75) is 6.92 Å². The molecular weight excluding hydrogens is 428 g/mol. The number of hydrogen-bond donors (Lipinski definition) is 3. The molecule has 33 heavy (non-hydrogen) atoms. The second-order valence-corrected chi connectivity index (χ2v) is 6.89. The van der Waals surface area contributed by atoms with E-state index in [1.54, 1.807) is 24.3 Å². The van der Waals surface area contributed by atoms with Crippen molar-refractivity contribution < 1.29 is 33.8 Å². The third kappa shape index (κ3) is 5.53. The molecule has 9 nitrogen and oxygen atoms in total. The predicted octanol–water partition coefficient (Wildman–Crippen LogP) is 3.63. The molecule has 0 bridgehead atoms. The Hall–Kier alpha value is -4.66. The van der Waals surface area contributed by atoms with Crippen LogP contribution in [0.2, 0.25) is 0 Å². The van der Waals surface area contributed by atoms with Gasteiger partial charge in [-0.1, -0.05) is 17.7 Å². The Bertz CT molecular complexity index is 1200. The molecule has 0 atom stereocenters. The topological polar surface area (TPSA) is 131 Å². The molecule has 0 aliphatic rings. The fraction of sp³-hybridized carbons (Fsp3) is 0.0833. The minimum absolute atomic E-state index is 0.0629. The van der Waals surface area contributed by atoms with E-state index in [1.165, 1.54) is 7.05 Å². The van der Waals surface area contributed by atoms with Crippen molar-refractivity contribution in [1.82, 2.24) is 5.32 Å². The second-order valence-electron chi connectivity index (χ2n) is 6.89. The number of amides is 2. The SMILES string of the molecule is CNC(=O)c1cc(C(=O)Nc2ccc(Oc3ccc(C)cc3)cc2)c(C(=O)O)cc1OC=O. The molecule has 168 valence electrons. The van der Waals surface area contributed by atoms with E-state index in [0.29, 0.717) is 17.2 Å². The van der Waals surface area contributed by atoms with Crippen LogP contribution in [-0.4, -0.2) is 36.4 Å². The highest BCUT2D eigenvalue weighted by Gasteiger charge is 2.23. The number of rotatable bonds is 8. The number of hydrogen-bond acceptors (Lipinski definition) is 6. The molecule has 0 unspecified atom stereocenters. The van der Waals surface area contributed by atoms with Crippen molar-refractivity contribution >= 4 is 29.9 Å². The summed E-state index contributed by atoms with van der Waals surface area (Å²) in [6, 6.07) is 16.0. The van der Waals surface area contributed by atoms with E-state index in [2.05, 4.69) is 10.6 Å². The van der Waals surface area contributed by atoms with Crippen LogP contribution in [0.5, 0.6) is 17.2 Å². The normalized spacial score (nSPS) is 10.1. The molecule has 9 heteroatoms. The van der Waals surface area contributed by atoms with Crippen molar-refractivity contribution in [3.63, 3.8) is 0 Å². The van der Waals surface area contributed by atoms with Gasteiger partial charge >= 0.3 is 5.97 Å². The maximum absolute atomic E-state index is 12.8. The van der Waals surface area contributed by atoms with Gasteiger partial charge in [0.2, 0.25) is 0 Å². The van der Waals surface area contributed by atoms with Gasteiger partial charge in [0.05, 0.1) is 16.7 Å². The summed E-state index contributed by atoms with van der Waals surface area (Å²) in [6.45, 7) is 2.03. The van der Waals surface area contributed by atoms with Crippen molar-refractivity contribution in [2.24, 2.45) is 0 Å². The lowest BCUT2D eigenvalue weighted by Crippen LogP contribution is -2.22. The Morgan fingerprint density at radius 1 is 0.848 bits per heavy atom. The van der Waals surface area contributed by atoms with E-state index in [-0.39, 0.29) is 23.3 Å². The molecule has 0 aliphatic heterocycles. The summed E-state index contributed by atoms with van der Waals surface area (Å²) >= 11 is 0. The minimum Gasteiger partial charge on any atom is -0.478 e. The zero-order valence-electron chi connectivity index (χ0n) is 17.7. The average Bonchev–Trinajstić information content (AvgIpc) is 2.81. The number of carbonyl (C=O) groups excluding carboxylic acids is 3. The zero-order chi connectivity index (χ0) is 24.0. The smallest absolute Gasteiger partial charge is 0.336 e. The second kappa shape index (κ2) is 10.1. The Balaban J connectivity index is 1.85. The van der Waals surface area contributed by atoms with Gasteiger partial charge in [-0.25, -0.2) is 4.79 Å². The maximum Gasteiger partial charge on any atom is 0.336 e. The standard InChI is InChI=1S/C24H20N2O7/c1-14-3-7-16(8-4-14)33-17-9-5-15(6-10-17)26-23(29)18-11-20(22(28)25-2)21(32-13-27)12-19(18)24(30)31/h3-13H,1-2H3,(H,25,28)(H,26,29)(H,30,31). The van der Waals surface area contributed by atoms with E-state index in [9.17, 15) is 24.3 Å². The van der Waals surface area contributed by atoms with Crippen molar-refractivity contribution in [1.29, 1.82) is 0 Å². The van der Waals surface area contributed by atoms with Crippen LogP contribution in [0.15, 0.2) is 60.7 Å². The lowest BCUT2D eigenvalue weighted by atomic mass is 10.0. The van der Waals surface area contributed by atoms with Crippen LogP contribution in [0.4, 0.5) is 5.69 Å². The number of anilines is 1. The molecule has 0 spiro atoms. The van der Waals surface area contributed by atoms with Gasteiger partial charge < -0.3 is 25.2 Å². The van der Waals surface area contributed by atoms with Gasteiger partial charge in [-0.05, 0) is 55.5 Å². The molecule has 3 N–H and O–H groups in total. The minimum atomic E-state index is -1.43. The molecule has 0 radical (unpaired) electrons. The molecule has 0 saturated heterocycles. The lowest BCUT2D eigenvalue weighted by molar-refractivity contribution is -0.120. The maximum atomic E-state index is 12.8. The summed E-state index contributed by atoms with van der Waals surface area (Å²) in [4.78, 5) is 47.4. The summed E-state index contributed by atoms with van der Waals surface area (Å²) in [6.07, 6.45) is 0. The van der Waals surface area contributed by atoms with Crippen LogP contribution in [0, 0.1) is 6.92 Å². The molecular formula is C24H20N2O7. The fourth-order valence-corrected chi connectivity index (χ4v) is 2.95. The molecule has 3 aromatic carbocycles. The number of carboxylic acid groups (broad SMARTS) is 1. The summed E-state index contributed by atoms with van der Waals surface area (Å²) in [5, 5.41) is 14.4. The first-order chi connectivity index (χ1) is 15.8. The van der Waals surface area contributed by atoms with Crippen LogP contribution in [0.25, 0.3) is 0 Å². The molecule has 0 aliphatic carbocycles. The number of carboxylic acids is 1. The van der Waals surface area contributed by atoms with Crippen molar-refractivity contribution in [2.75, 3.05) is 12.4 Å². The van der Waals surface area contributed by atoms with Crippen molar-refractivity contribution in [3.8, 4) is 17.2 Å². The van der Waals surface area contributed by atoms with Crippen LogP contribution in [0.1, 0.15) is 36.6 Å². The molecule has 0 aromatic heterocycles. The third-order valence-corrected chi connectivity index (χ3v) is 4.61. The summed E-state index contributed by atoms with van der Waals surface area (Å²) in [7, 11) is 1.35. The first kappa shape index (κ1) is 23.0. The Morgan fingerprint density at radius 3 is 2.00 bits per heavy atom. The fourth-order valence-electron chi connectivity index (χ4n) is 2.95. The van der Waals surface area contributed by atoms with E-state index in [4.69, 9.17) is 9.47 Å². The van der Waals surface area contributed by atoms with Crippen LogP contribution in [-0.2, 0) is 4.79 Å². The van der Waals surface area contributed by atoms with Gasteiger partial charge in [0.25, 0.3) is 18.3 Å². The third-order valence-electron chi connectivity index (χ3n) is 4.61. The van der Waals surface area contributed by atoms with Crippen LogP contribution >= 0.6 is 0 Å². The number of carbonyl (C=O) groups is 4. The molecule has 2 amide bonds. The van der Waals surface area contributed by atoms with Crippen molar-refractivity contribution in [3.05, 3.63) is 82.9 Å². The van der Waals surface area contributed by atoms with Gasteiger partial charge in [0, 0.05) is 12.7 Å². The molecule has 0 fully saturated rings. The Labute approximate surface area is 189 Å². The number of ether oxygens (including phenoxy) is 2. The van der Waals surface area contributed by atoms with Gasteiger partial charge in [0.15, 0.2) is 0 Å². The van der Waals surface area contributed by atoms with Gasteiger partial charge in [-0.3, -0.25) is 14.4 Å². The summed E-state index contributed by atoms with van der Waals surface area (Å²) < 4.78 is 10.5. The van der Waals surface area contributed by atoms with E-state index >= 15 is 0 Å². The van der Waals surface area contributed by atoms with E-state index in [0.717, 1.165) is 17.7 Å². The van der Waals surface area contributed by atoms with Crippen LogP contribution < -0.4 is 20.1 Å². The number of benzene rings is 3. The number of aryl methyl sites for hydroxylation is 1. The van der Waals surface area contributed by atoms with Crippen LogP contribution in [0.3, 0.4) is 0 Å². The monoisotopic (exact) mass is 448 g/mol. The zero-order valence-corrected chi connectivity index (χ0v) is 17.7. The first-order valence-electron chi connectivity index (χ1n) is 9.72. The van der Waals surface area contributed by atoms with E-state index < -0.39 is 23.3 Å². The Morgan fingerprint density at radius 2 is 1.45 bits per heavy atom. The lowest BCUT2D eigenvalue weighted by Gasteiger charge is -2.13. The summed E-state index contributed by atoms with van der Waals surface area (Å²) in [5.74, 6) is -1.93. The molecule has 3 rings (SSSR count). The number of aromatic carboxylic acids is 1. The highest BCUT2D eigenvalue weighted by Crippen LogP contribution is 2.26. The number of nitrogens with one attached hydrogen (secondary N) is 2. The molecule has 0 heterocycles. The molecule has 0 saturated carbocycles. The molecule has 3 aromatic rings. The highest BCUT2D eigenvalue weighted by molar-refractivity contribution is 6.13. The largest absolute Gasteiger partial charge is 0.478 e.